The first-order valence-corrected chi connectivity index (χ1v) is 6.38. The van der Waals surface area contributed by atoms with Crippen molar-refractivity contribution in [2.45, 2.75) is 19.8 Å². The van der Waals surface area contributed by atoms with Crippen molar-refractivity contribution in [2.75, 3.05) is 13.1 Å². The van der Waals surface area contributed by atoms with Crippen LogP contribution in [0.3, 0.4) is 0 Å². The van der Waals surface area contributed by atoms with Crippen LogP contribution in [0.1, 0.15) is 24.0 Å². The quantitative estimate of drug-likeness (QED) is 0.867. The molecule has 3 heteroatoms. The van der Waals surface area contributed by atoms with E-state index in [-0.39, 0.29) is 0 Å². The molecule has 1 heterocycles. The van der Waals surface area contributed by atoms with Crippen LogP contribution in [0.25, 0.3) is 6.08 Å². The Bertz CT molecular complexity index is 454. The molecule has 0 radical (unpaired) electrons. The zero-order valence-corrected chi connectivity index (χ0v) is 10.7. The highest BCUT2D eigenvalue weighted by molar-refractivity contribution is 5.65. The Morgan fingerprint density at radius 2 is 2.22 bits per heavy atom. The monoisotopic (exact) mass is 245 g/mol. The highest BCUT2D eigenvalue weighted by Crippen LogP contribution is 2.19. The minimum Gasteiger partial charge on any atom is -0.465 e. The first-order chi connectivity index (χ1) is 8.66. The fourth-order valence-electron chi connectivity index (χ4n) is 2.35. The van der Waals surface area contributed by atoms with Crippen LogP contribution in [0, 0.1) is 12.8 Å². The molecule has 0 aromatic heterocycles. The number of amides is 1. The van der Waals surface area contributed by atoms with Gasteiger partial charge in [-0.25, -0.2) is 4.79 Å². The largest absolute Gasteiger partial charge is 0.465 e. The number of carbonyl (C=O) groups is 1. The number of aryl methyl sites for hydroxylation is 1. The third-order valence-corrected chi connectivity index (χ3v) is 3.46. The summed E-state index contributed by atoms with van der Waals surface area (Å²) in [5, 5.41) is 8.99. The molecule has 0 saturated carbocycles. The van der Waals surface area contributed by atoms with E-state index in [1.807, 2.05) is 12.1 Å². The molecule has 2 rings (SSSR count). The second-order valence-electron chi connectivity index (χ2n) is 4.85. The minimum absolute atomic E-state index is 0.342. The second-order valence-corrected chi connectivity index (χ2v) is 4.85. The van der Waals surface area contributed by atoms with Gasteiger partial charge in [-0.2, -0.15) is 0 Å². The molecule has 1 saturated heterocycles. The van der Waals surface area contributed by atoms with E-state index >= 15 is 0 Å². The van der Waals surface area contributed by atoms with E-state index in [1.165, 1.54) is 16.0 Å². The van der Waals surface area contributed by atoms with E-state index in [0.29, 0.717) is 19.0 Å². The highest BCUT2D eigenvalue weighted by atomic mass is 16.4. The third kappa shape index (κ3) is 3.13. The van der Waals surface area contributed by atoms with Gasteiger partial charge in [0.25, 0.3) is 0 Å². The molecule has 0 aliphatic carbocycles. The molecule has 1 aromatic carbocycles. The maximum absolute atomic E-state index is 10.9. The van der Waals surface area contributed by atoms with E-state index in [0.717, 1.165) is 12.8 Å². The summed E-state index contributed by atoms with van der Waals surface area (Å²) >= 11 is 0. The van der Waals surface area contributed by atoms with Crippen molar-refractivity contribution in [3.05, 3.63) is 41.5 Å². The van der Waals surface area contributed by atoms with E-state index in [2.05, 4.69) is 31.2 Å². The first-order valence-electron chi connectivity index (χ1n) is 6.38. The molecule has 18 heavy (non-hydrogen) atoms. The summed E-state index contributed by atoms with van der Waals surface area (Å²) in [4.78, 5) is 12.4. The third-order valence-electron chi connectivity index (χ3n) is 3.46. The molecule has 1 aliphatic heterocycles. The molecular formula is C15H19NO2. The lowest BCUT2D eigenvalue weighted by Crippen LogP contribution is -2.38. The molecular weight excluding hydrogens is 226 g/mol. The van der Waals surface area contributed by atoms with Gasteiger partial charge in [-0.05, 0) is 36.8 Å². The molecule has 1 amide bonds. The number of rotatable bonds is 2. The number of hydrogen-bond acceptors (Lipinski definition) is 1. The summed E-state index contributed by atoms with van der Waals surface area (Å²) in [6.45, 7) is 3.38. The van der Waals surface area contributed by atoms with Crippen LogP contribution in [0.2, 0.25) is 0 Å². The standard InChI is InChI=1S/C15H19NO2/c1-12-5-2-3-7-14(12)9-8-13-6-4-10-16(11-13)15(17)18/h2-3,5,7-9,13H,4,6,10-11H2,1H3,(H,17,18)/b9-8+. The molecule has 3 nitrogen and oxygen atoms in total. The molecule has 1 aromatic rings. The van der Waals surface area contributed by atoms with Crippen molar-refractivity contribution in [3.8, 4) is 0 Å². The zero-order valence-electron chi connectivity index (χ0n) is 10.7. The lowest BCUT2D eigenvalue weighted by atomic mass is 9.96. The summed E-state index contributed by atoms with van der Waals surface area (Å²) in [6.07, 6.45) is 5.49. The van der Waals surface area contributed by atoms with Crippen LogP contribution in [-0.2, 0) is 0 Å². The fourth-order valence-corrected chi connectivity index (χ4v) is 2.35. The Labute approximate surface area is 108 Å². The molecule has 1 atom stereocenters. The van der Waals surface area contributed by atoms with Gasteiger partial charge >= 0.3 is 6.09 Å². The predicted molar refractivity (Wildman–Crippen MR) is 72.5 cm³/mol. The van der Waals surface area contributed by atoms with Crippen LogP contribution < -0.4 is 0 Å². The Morgan fingerprint density at radius 1 is 1.44 bits per heavy atom. The summed E-state index contributed by atoms with van der Waals surface area (Å²) in [6, 6.07) is 8.23. The molecule has 0 spiro atoms. The average molecular weight is 245 g/mol. The number of likely N-dealkylation sites (tertiary alicyclic amines) is 1. The van der Waals surface area contributed by atoms with Gasteiger partial charge in [0.05, 0.1) is 0 Å². The van der Waals surface area contributed by atoms with Crippen molar-refractivity contribution >= 4 is 12.2 Å². The van der Waals surface area contributed by atoms with Crippen LogP contribution in [0.5, 0.6) is 0 Å². The smallest absolute Gasteiger partial charge is 0.407 e. The zero-order chi connectivity index (χ0) is 13.0. The highest BCUT2D eigenvalue weighted by Gasteiger charge is 2.21. The normalized spacial score (nSPS) is 20.3. The van der Waals surface area contributed by atoms with Crippen molar-refractivity contribution in [1.29, 1.82) is 0 Å². The Hall–Kier alpha value is -1.77. The average Bonchev–Trinajstić information content (AvgIpc) is 2.38. The Balaban J connectivity index is 2.01. The second kappa shape index (κ2) is 5.71. The minimum atomic E-state index is -0.802. The van der Waals surface area contributed by atoms with Crippen molar-refractivity contribution in [1.82, 2.24) is 4.90 Å². The van der Waals surface area contributed by atoms with Crippen molar-refractivity contribution in [2.24, 2.45) is 5.92 Å². The van der Waals surface area contributed by atoms with Crippen LogP contribution >= 0.6 is 0 Å². The number of benzene rings is 1. The number of carboxylic acid groups (broad SMARTS) is 1. The van der Waals surface area contributed by atoms with Gasteiger partial charge < -0.3 is 10.0 Å². The molecule has 0 bridgehead atoms. The number of hydrogen-bond donors (Lipinski definition) is 1. The maximum atomic E-state index is 10.9. The topological polar surface area (TPSA) is 40.5 Å². The Kier molecular flexibility index (Phi) is 4.03. The van der Waals surface area contributed by atoms with Crippen LogP contribution in [0.4, 0.5) is 4.79 Å². The molecule has 1 N–H and O–H groups in total. The summed E-state index contributed by atoms with van der Waals surface area (Å²) in [7, 11) is 0. The van der Waals surface area contributed by atoms with E-state index < -0.39 is 6.09 Å². The molecule has 1 fully saturated rings. The lowest BCUT2D eigenvalue weighted by molar-refractivity contribution is 0.127. The van der Waals surface area contributed by atoms with E-state index in [1.54, 1.807) is 0 Å². The Morgan fingerprint density at radius 3 is 2.94 bits per heavy atom. The van der Waals surface area contributed by atoms with Gasteiger partial charge in [0.15, 0.2) is 0 Å². The summed E-state index contributed by atoms with van der Waals surface area (Å²) < 4.78 is 0. The number of piperidine rings is 1. The van der Waals surface area contributed by atoms with Crippen molar-refractivity contribution < 1.29 is 9.90 Å². The fraction of sp³-hybridized carbons (Fsp3) is 0.400. The molecule has 96 valence electrons. The van der Waals surface area contributed by atoms with Gasteiger partial charge in [0.2, 0.25) is 0 Å². The van der Waals surface area contributed by atoms with Gasteiger partial charge in [-0.3, -0.25) is 0 Å². The summed E-state index contributed by atoms with van der Waals surface area (Å²) in [5.41, 5.74) is 2.46. The van der Waals surface area contributed by atoms with Crippen LogP contribution in [0.15, 0.2) is 30.3 Å². The van der Waals surface area contributed by atoms with Crippen LogP contribution in [-0.4, -0.2) is 29.2 Å². The lowest BCUT2D eigenvalue weighted by Gasteiger charge is -2.28. The van der Waals surface area contributed by atoms with Crippen molar-refractivity contribution in [3.63, 3.8) is 0 Å². The van der Waals surface area contributed by atoms with Gasteiger partial charge in [0, 0.05) is 13.1 Å². The number of nitrogens with zero attached hydrogens (tertiary/aromatic N) is 1. The first kappa shape index (κ1) is 12.7. The van der Waals surface area contributed by atoms with Gasteiger partial charge in [0.1, 0.15) is 0 Å². The molecule has 1 aliphatic rings. The maximum Gasteiger partial charge on any atom is 0.407 e. The predicted octanol–water partition coefficient (Wildman–Crippen LogP) is 3.40. The SMILES string of the molecule is Cc1ccccc1/C=C/C1CCCN(C(=O)O)C1. The van der Waals surface area contributed by atoms with Gasteiger partial charge in [-0.1, -0.05) is 36.4 Å². The van der Waals surface area contributed by atoms with E-state index in [9.17, 15) is 4.79 Å². The van der Waals surface area contributed by atoms with E-state index in [4.69, 9.17) is 5.11 Å². The summed E-state index contributed by atoms with van der Waals surface area (Å²) in [5.74, 6) is 0.342. The van der Waals surface area contributed by atoms with Gasteiger partial charge in [-0.15, -0.1) is 0 Å². The molecule has 1 unspecified atom stereocenters.